The molecule has 0 aliphatic rings. The van der Waals surface area contributed by atoms with Crippen LogP contribution >= 0.6 is 11.8 Å². The van der Waals surface area contributed by atoms with E-state index in [9.17, 15) is 14.0 Å². The standard InChI is InChI=1S/C16H21FN4O2S/c1-4-9-21-15(23)18-19-16(21)24-10-14(22)20(3)11(2)12-5-7-13(17)8-6-12/h5-8,11H,4,9-10H2,1-3H3,(H,18,23). The van der Waals surface area contributed by atoms with E-state index in [0.29, 0.717) is 11.7 Å². The van der Waals surface area contributed by atoms with Gasteiger partial charge in [0.2, 0.25) is 5.91 Å². The average molecular weight is 352 g/mol. The third-order valence-electron chi connectivity index (χ3n) is 3.82. The number of H-pyrrole nitrogens is 1. The highest BCUT2D eigenvalue weighted by molar-refractivity contribution is 7.99. The number of rotatable bonds is 7. The van der Waals surface area contributed by atoms with Crippen molar-refractivity contribution in [3.05, 3.63) is 46.1 Å². The number of amides is 1. The first kappa shape index (κ1) is 18.3. The summed E-state index contributed by atoms with van der Waals surface area (Å²) < 4.78 is 14.5. The highest BCUT2D eigenvalue weighted by atomic mass is 32.2. The van der Waals surface area contributed by atoms with Gasteiger partial charge in [-0.05, 0) is 31.0 Å². The Kier molecular flexibility index (Phi) is 6.19. The van der Waals surface area contributed by atoms with Crippen molar-refractivity contribution in [2.75, 3.05) is 12.8 Å². The van der Waals surface area contributed by atoms with Gasteiger partial charge in [-0.1, -0.05) is 30.8 Å². The maximum absolute atomic E-state index is 13.0. The van der Waals surface area contributed by atoms with E-state index in [0.717, 1.165) is 12.0 Å². The summed E-state index contributed by atoms with van der Waals surface area (Å²) in [5, 5.41) is 6.87. The zero-order chi connectivity index (χ0) is 17.7. The van der Waals surface area contributed by atoms with Crippen LogP contribution in [0.4, 0.5) is 4.39 Å². The Morgan fingerprint density at radius 1 is 1.42 bits per heavy atom. The van der Waals surface area contributed by atoms with E-state index in [4.69, 9.17) is 0 Å². The van der Waals surface area contributed by atoms with Gasteiger partial charge in [0.05, 0.1) is 11.8 Å². The topological polar surface area (TPSA) is 71.0 Å². The summed E-state index contributed by atoms with van der Waals surface area (Å²) in [4.78, 5) is 25.6. The smallest absolute Gasteiger partial charge is 0.338 e. The monoisotopic (exact) mass is 352 g/mol. The summed E-state index contributed by atoms with van der Waals surface area (Å²) in [6.07, 6.45) is 0.808. The summed E-state index contributed by atoms with van der Waals surface area (Å²) in [6.45, 7) is 4.42. The predicted molar refractivity (Wildman–Crippen MR) is 91.4 cm³/mol. The molecule has 2 aromatic rings. The molecule has 0 aliphatic carbocycles. The van der Waals surface area contributed by atoms with Crippen molar-refractivity contribution in [2.24, 2.45) is 0 Å². The summed E-state index contributed by atoms with van der Waals surface area (Å²) in [5.41, 5.74) is 0.597. The molecule has 1 atom stereocenters. The Balaban J connectivity index is 1.99. The van der Waals surface area contributed by atoms with Crippen LogP contribution in [0.15, 0.2) is 34.2 Å². The molecule has 1 heterocycles. The van der Waals surface area contributed by atoms with Crippen molar-refractivity contribution in [2.45, 2.75) is 38.0 Å². The van der Waals surface area contributed by atoms with E-state index in [2.05, 4.69) is 10.2 Å². The molecular weight excluding hydrogens is 331 g/mol. The van der Waals surface area contributed by atoms with Gasteiger partial charge in [-0.15, -0.1) is 5.10 Å². The second kappa shape index (κ2) is 8.14. The molecule has 0 bridgehead atoms. The fourth-order valence-corrected chi connectivity index (χ4v) is 3.14. The van der Waals surface area contributed by atoms with Gasteiger partial charge in [0.1, 0.15) is 5.82 Å². The van der Waals surface area contributed by atoms with Crippen LogP contribution in [0.1, 0.15) is 31.9 Å². The lowest BCUT2D eigenvalue weighted by atomic mass is 10.1. The first-order chi connectivity index (χ1) is 11.4. The van der Waals surface area contributed by atoms with E-state index in [-0.39, 0.29) is 29.2 Å². The minimum absolute atomic E-state index is 0.0877. The second-order valence-corrected chi connectivity index (χ2v) is 6.43. The number of benzene rings is 1. The van der Waals surface area contributed by atoms with Crippen molar-refractivity contribution >= 4 is 17.7 Å². The van der Waals surface area contributed by atoms with Crippen LogP contribution < -0.4 is 5.69 Å². The molecule has 6 nitrogen and oxygen atoms in total. The highest BCUT2D eigenvalue weighted by Gasteiger charge is 2.19. The van der Waals surface area contributed by atoms with Gasteiger partial charge >= 0.3 is 5.69 Å². The molecule has 0 fully saturated rings. The zero-order valence-electron chi connectivity index (χ0n) is 14.0. The summed E-state index contributed by atoms with van der Waals surface area (Å²) in [5.74, 6) is -0.214. The van der Waals surface area contributed by atoms with Gasteiger partial charge < -0.3 is 4.90 Å². The number of carbonyl (C=O) groups is 1. The van der Waals surface area contributed by atoms with Crippen LogP contribution in [0, 0.1) is 5.82 Å². The summed E-state index contributed by atoms with van der Waals surface area (Å²) >= 11 is 1.23. The quantitative estimate of drug-likeness (QED) is 0.777. The molecule has 8 heteroatoms. The van der Waals surface area contributed by atoms with E-state index in [1.807, 2.05) is 13.8 Å². The molecule has 1 amide bonds. The van der Waals surface area contributed by atoms with Gasteiger partial charge in [-0.25, -0.2) is 14.3 Å². The zero-order valence-corrected chi connectivity index (χ0v) is 14.8. The van der Waals surface area contributed by atoms with E-state index >= 15 is 0 Å². The van der Waals surface area contributed by atoms with Gasteiger partial charge in [-0.3, -0.25) is 9.36 Å². The minimum Gasteiger partial charge on any atom is -0.338 e. The molecule has 0 saturated heterocycles. The molecule has 130 valence electrons. The number of nitrogens with one attached hydrogen (secondary N) is 1. The highest BCUT2D eigenvalue weighted by Crippen LogP contribution is 2.21. The molecule has 24 heavy (non-hydrogen) atoms. The Bertz CT molecular complexity index is 741. The molecule has 1 unspecified atom stereocenters. The fourth-order valence-electron chi connectivity index (χ4n) is 2.24. The molecular formula is C16H21FN4O2S. The summed E-state index contributed by atoms with van der Waals surface area (Å²) in [6, 6.07) is 5.93. The molecule has 1 N–H and O–H groups in total. The lowest BCUT2D eigenvalue weighted by molar-refractivity contribution is -0.128. The SMILES string of the molecule is CCCn1c(SCC(=O)N(C)C(C)c2ccc(F)cc2)n[nH]c1=O. The van der Waals surface area contributed by atoms with E-state index < -0.39 is 0 Å². The van der Waals surface area contributed by atoms with Gasteiger partial charge in [0.25, 0.3) is 0 Å². The number of aromatic nitrogens is 3. The maximum Gasteiger partial charge on any atom is 0.343 e. The lowest BCUT2D eigenvalue weighted by Gasteiger charge is -2.25. The number of thioether (sulfide) groups is 1. The van der Waals surface area contributed by atoms with Crippen LogP contribution in [0.3, 0.4) is 0 Å². The number of nitrogens with zero attached hydrogens (tertiary/aromatic N) is 3. The van der Waals surface area contributed by atoms with Crippen molar-refractivity contribution in [3.8, 4) is 0 Å². The predicted octanol–water partition coefficient (Wildman–Crippen LogP) is 2.43. The third kappa shape index (κ3) is 4.25. The van der Waals surface area contributed by atoms with E-state index in [1.54, 1.807) is 24.1 Å². The van der Waals surface area contributed by atoms with Crippen molar-refractivity contribution < 1.29 is 9.18 Å². The van der Waals surface area contributed by atoms with Gasteiger partial charge in [0.15, 0.2) is 5.16 Å². The molecule has 1 aromatic carbocycles. The van der Waals surface area contributed by atoms with Crippen LogP contribution in [0.5, 0.6) is 0 Å². The number of aromatic amines is 1. The summed E-state index contributed by atoms with van der Waals surface area (Å²) in [7, 11) is 1.71. The lowest BCUT2D eigenvalue weighted by Crippen LogP contribution is -2.31. The number of hydrogen-bond acceptors (Lipinski definition) is 4. The first-order valence-electron chi connectivity index (χ1n) is 7.73. The van der Waals surface area contributed by atoms with Crippen LogP contribution in [-0.2, 0) is 11.3 Å². The normalized spacial score (nSPS) is 12.2. The first-order valence-corrected chi connectivity index (χ1v) is 8.71. The molecule has 2 rings (SSSR count). The Morgan fingerprint density at radius 2 is 2.08 bits per heavy atom. The Hall–Kier alpha value is -2.09. The van der Waals surface area contributed by atoms with Crippen LogP contribution in [0.25, 0.3) is 0 Å². The largest absolute Gasteiger partial charge is 0.343 e. The fraction of sp³-hybridized carbons (Fsp3) is 0.438. The van der Waals surface area contributed by atoms with E-state index in [1.165, 1.54) is 28.5 Å². The number of hydrogen-bond donors (Lipinski definition) is 1. The average Bonchev–Trinajstić information content (AvgIpc) is 2.92. The van der Waals surface area contributed by atoms with Crippen LogP contribution in [-0.4, -0.2) is 38.4 Å². The molecule has 0 aliphatic heterocycles. The Morgan fingerprint density at radius 3 is 2.71 bits per heavy atom. The molecule has 0 spiro atoms. The van der Waals surface area contributed by atoms with Crippen molar-refractivity contribution in [1.29, 1.82) is 0 Å². The third-order valence-corrected chi connectivity index (χ3v) is 4.78. The van der Waals surface area contributed by atoms with Crippen LogP contribution in [0.2, 0.25) is 0 Å². The Labute approximate surface area is 144 Å². The van der Waals surface area contributed by atoms with Gasteiger partial charge in [0, 0.05) is 13.6 Å². The van der Waals surface area contributed by atoms with Gasteiger partial charge in [-0.2, -0.15) is 0 Å². The van der Waals surface area contributed by atoms with Crippen molar-refractivity contribution in [1.82, 2.24) is 19.7 Å². The molecule has 1 aromatic heterocycles. The van der Waals surface area contributed by atoms with Crippen molar-refractivity contribution in [3.63, 3.8) is 0 Å². The minimum atomic E-state index is -0.303. The molecule has 0 saturated carbocycles. The second-order valence-electron chi connectivity index (χ2n) is 5.48. The number of halogens is 1. The number of carbonyl (C=O) groups excluding carboxylic acids is 1. The molecule has 0 radical (unpaired) electrons. The maximum atomic E-state index is 13.0.